The van der Waals surface area contributed by atoms with Crippen molar-refractivity contribution in [2.75, 3.05) is 32.7 Å². The van der Waals surface area contributed by atoms with Crippen LogP contribution in [0.1, 0.15) is 21.9 Å². The smallest absolute Gasteiger partial charge is 0.271 e. The highest BCUT2D eigenvalue weighted by molar-refractivity contribution is 5.93. The fourth-order valence-corrected chi connectivity index (χ4v) is 3.84. The average molecular weight is 395 g/mol. The fourth-order valence-electron chi connectivity index (χ4n) is 3.84. The summed E-state index contributed by atoms with van der Waals surface area (Å²) in [6, 6.07) is 12.1. The highest BCUT2D eigenvalue weighted by Gasteiger charge is 2.23. The lowest BCUT2D eigenvalue weighted by molar-refractivity contribution is 0.0627. The van der Waals surface area contributed by atoms with Crippen LogP contribution < -0.4 is 0 Å². The Kier molecular flexibility index (Phi) is 5.49. The predicted molar refractivity (Wildman–Crippen MR) is 110 cm³/mol. The van der Waals surface area contributed by atoms with Crippen molar-refractivity contribution in [2.45, 2.75) is 20.4 Å². The van der Waals surface area contributed by atoms with E-state index in [1.807, 2.05) is 4.90 Å². The molecule has 3 heterocycles. The van der Waals surface area contributed by atoms with Crippen molar-refractivity contribution in [3.05, 3.63) is 65.4 Å². The third kappa shape index (κ3) is 4.24. The van der Waals surface area contributed by atoms with Crippen molar-refractivity contribution in [2.24, 2.45) is 0 Å². The zero-order valence-electron chi connectivity index (χ0n) is 16.9. The fraction of sp³-hybridized carbons (Fsp3) is 0.364. The number of carbonyl (C=O) groups is 1. The van der Waals surface area contributed by atoms with Gasteiger partial charge in [0.1, 0.15) is 11.5 Å². The van der Waals surface area contributed by atoms with Gasteiger partial charge in [-0.1, -0.05) is 0 Å². The van der Waals surface area contributed by atoms with Gasteiger partial charge in [-0.2, -0.15) is 5.10 Å². The number of rotatable bonds is 5. The Morgan fingerprint density at radius 2 is 1.66 bits per heavy atom. The summed E-state index contributed by atoms with van der Waals surface area (Å²) in [5.74, 6) is -0.330. The quantitative estimate of drug-likeness (QED) is 0.722. The molecule has 0 bridgehead atoms. The van der Waals surface area contributed by atoms with Crippen molar-refractivity contribution >= 4 is 5.91 Å². The monoisotopic (exact) mass is 395 g/mol. The minimum Gasteiger partial charge on any atom is -0.348 e. The Morgan fingerprint density at radius 3 is 2.31 bits per heavy atom. The maximum absolute atomic E-state index is 13.1. The molecule has 152 valence electrons. The molecule has 1 N–H and O–H groups in total. The molecule has 0 saturated carbocycles. The highest BCUT2D eigenvalue weighted by Crippen LogP contribution is 2.19. The number of aryl methyl sites for hydroxylation is 2. The van der Waals surface area contributed by atoms with Gasteiger partial charge in [-0.05, 0) is 56.3 Å². The Balaban J connectivity index is 1.32. The Hall–Kier alpha value is -2.93. The van der Waals surface area contributed by atoms with Gasteiger partial charge in [0.15, 0.2) is 0 Å². The minimum absolute atomic E-state index is 0.0392. The van der Waals surface area contributed by atoms with Crippen LogP contribution in [0, 0.1) is 19.7 Å². The molecule has 7 heteroatoms. The first-order valence-corrected chi connectivity index (χ1v) is 9.97. The number of amides is 1. The maximum atomic E-state index is 13.1. The third-order valence-electron chi connectivity index (χ3n) is 5.66. The second-order valence-electron chi connectivity index (χ2n) is 7.58. The van der Waals surface area contributed by atoms with Crippen LogP contribution in [0.5, 0.6) is 0 Å². The molecule has 6 nitrogen and oxygen atoms in total. The lowest BCUT2D eigenvalue weighted by Crippen LogP contribution is -2.49. The molecule has 0 aliphatic carbocycles. The highest BCUT2D eigenvalue weighted by atomic mass is 19.1. The molecule has 1 aromatic carbocycles. The summed E-state index contributed by atoms with van der Waals surface area (Å²) in [6.45, 7) is 9.36. The normalized spacial score (nSPS) is 15.1. The molecule has 2 aromatic heterocycles. The van der Waals surface area contributed by atoms with Gasteiger partial charge in [-0.15, -0.1) is 0 Å². The Labute approximate surface area is 169 Å². The van der Waals surface area contributed by atoms with Gasteiger partial charge in [0.2, 0.25) is 0 Å². The lowest BCUT2D eigenvalue weighted by atomic mass is 10.1. The van der Waals surface area contributed by atoms with E-state index in [1.54, 1.807) is 18.2 Å². The second-order valence-corrected chi connectivity index (χ2v) is 7.58. The summed E-state index contributed by atoms with van der Waals surface area (Å²) in [5, 5.41) is 7.04. The van der Waals surface area contributed by atoms with E-state index in [9.17, 15) is 9.18 Å². The van der Waals surface area contributed by atoms with E-state index in [4.69, 9.17) is 0 Å². The van der Waals surface area contributed by atoms with E-state index in [1.165, 1.54) is 23.5 Å². The number of piperazine rings is 1. The van der Waals surface area contributed by atoms with Crippen LogP contribution in [0.2, 0.25) is 0 Å². The molecule has 0 atom stereocenters. The van der Waals surface area contributed by atoms with Gasteiger partial charge in [0.05, 0.1) is 5.69 Å². The first kappa shape index (κ1) is 19.4. The van der Waals surface area contributed by atoms with Crippen molar-refractivity contribution in [3.63, 3.8) is 0 Å². The SMILES string of the molecule is Cc1ccc(C)n1CCN1CCN(C(=O)c2cc(-c3ccc(F)cc3)n[nH]2)CC1. The second kappa shape index (κ2) is 8.21. The number of aromatic nitrogens is 3. The molecule has 1 amide bonds. The molecule has 1 aliphatic heterocycles. The van der Waals surface area contributed by atoms with Crippen molar-refractivity contribution in [3.8, 4) is 11.3 Å². The zero-order chi connectivity index (χ0) is 20.4. The van der Waals surface area contributed by atoms with E-state index in [0.717, 1.165) is 31.7 Å². The molecular formula is C22H26FN5O. The van der Waals surface area contributed by atoms with Gasteiger partial charge in [-0.3, -0.25) is 14.8 Å². The maximum Gasteiger partial charge on any atom is 0.271 e. The Morgan fingerprint density at radius 1 is 1.00 bits per heavy atom. The number of hydrogen-bond acceptors (Lipinski definition) is 3. The van der Waals surface area contributed by atoms with Crippen LogP contribution in [-0.4, -0.2) is 63.2 Å². The molecule has 3 aromatic rings. The molecule has 1 fully saturated rings. The van der Waals surface area contributed by atoms with E-state index in [-0.39, 0.29) is 11.7 Å². The van der Waals surface area contributed by atoms with Crippen molar-refractivity contribution in [1.82, 2.24) is 24.6 Å². The molecule has 29 heavy (non-hydrogen) atoms. The Bertz CT molecular complexity index is 964. The van der Waals surface area contributed by atoms with E-state index in [0.29, 0.717) is 24.5 Å². The van der Waals surface area contributed by atoms with Crippen LogP contribution in [0.4, 0.5) is 4.39 Å². The van der Waals surface area contributed by atoms with Crippen LogP contribution in [0.3, 0.4) is 0 Å². The van der Waals surface area contributed by atoms with Crippen molar-refractivity contribution < 1.29 is 9.18 Å². The third-order valence-corrected chi connectivity index (χ3v) is 5.66. The predicted octanol–water partition coefficient (Wildman–Crippen LogP) is 3.09. The largest absolute Gasteiger partial charge is 0.348 e. The topological polar surface area (TPSA) is 57.2 Å². The van der Waals surface area contributed by atoms with Gasteiger partial charge in [0, 0.05) is 56.2 Å². The van der Waals surface area contributed by atoms with E-state index < -0.39 is 0 Å². The number of hydrogen-bond donors (Lipinski definition) is 1. The van der Waals surface area contributed by atoms with Gasteiger partial charge < -0.3 is 9.47 Å². The van der Waals surface area contributed by atoms with E-state index >= 15 is 0 Å². The minimum atomic E-state index is -0.291. The number of aromatic amines is 1. The van der Waals surface area contributed by atoms with Crippen LogP contribution in [-0.2, 0) is 6.54 Å². The summed E-state index contributed by atoms with van der Waals surface area (Å²) in [7, 11) is 0. The van der Waals surface area contributed by atoms with Crippen LogP contribution in [0.25, 0.3) is 11.3 Å². The summed E-state index contributed by atoms with van der Waals surface area (Å²) in [4.78, 5) is 17.1. The zero-order valence-corrected chi connectivity index (χ0v) is 16.9. The van der Waals surface area contributed by atoms with Gasteiger partial charge in [-0.25, -0.2) is 4.39 Å². The molecule has 1 aliphatic rings. The molecule has 0 radical (unpaired) electrons. The lowest BCUT2D eigenvalue weighted by Gasteiger charge is -2.34. The van der Waals surface area contributed by atoms with Gasteiger partial charge in [0.25, 0.3) is 5.91 Å². The summed E-state index contributed by atoms with van der Waals surface area (Å²) in [6.07, 6.45) is 0. The number of benzene rings is 1. The molecule has 0 spiro atoms. The molecule has 0 unspecified atom stereocenters. The number of H-pyrrole nitrogens is 1. The number of carbonyl (C=O) groups excluding carboxylic acids is 1. The number of halogens is 1. The summed E-state index contributed by atoms with van der Waals surface area (Å²) >= 11 is 0. The first-order chi connectivity index (χ1) is 14.0. The average Bonchev–Trinajstić information content (AvgIpc) is 3.34. The number of nitrogens with one attached hydrogen (secondary N) is 1. The summed E-state index contributed by atoms with van der Waals surface area (Å²) in [5.41, 5.74) is 4.46. The standard InChI is InChI=1S/C22H26FN5O/c1-16-3-4-17(2)28(16)14-11-26-9-12-27(13-10-26)22(29)21-15-20(24-25-21)18-5-7-19(23)8-6-18/h3-8,15H,9-14H2,1-2H3,(H,24,25). The first-order valence-electron chi connectivity index (χ1n) is 9.97. The van der Waals surface area contributed by atoms with E-state index in [2.05, 4.69) is 45.6 Å². The summed E-state index contributed by atoms with van der Waals surface area (Å²) < 4.78 is 15.4. The van der Waals surface area contributed by atoms with Crippen LogP contribution >= 0.6 is 0 Å². The molecule has 4 rings (SSSR count). The van der Waals surface area contributed by atoms with Crippen molar-refractivity contribution in [1.29, 1.82) is 0 Å². The molecule has 1 saturated heterocycles. The van der Waals surface area contributed by atoms with Gasteiger partial charge >= 0.3 is 0 Å². The number of nitrogens with zero attached hydrogens (tertiary/aromatic N) is 4. The molecular weight excluding hydrogens is 369 g/mol. The van der Waals surface area contributed by atoms with Crippen LogP contribution in [0.15, 0.2) is 42.5 Å².